The number of amides is 2. The Morgan fingerprint density at radius 3 is 2.67 bits per heavy atom. The number of furan rings is 1. The second kappa shape index (κ2) is 13.2. The normalized spacial score (nSPS) is 15.2. The van der Waals surface area contributed by atoms with E-state index in [-0.39, 0.29) is 30.0 Å². The molecule has 1 fully saturated rings. The monoisotopic (exact) mass is 604 g/mol. The van der Waals surface area contributed by atoms with Crippen molar-refractivity contribution in [1.82, 2.24) is 4.90 Å². The number of nitrogens with one attached hydrogen (secondary N) is 1. The van der Waals surface area contributed by atoms with Crippen LogP contribution in [-0.4, -0.2) is 39.8 Å². The van der Waals surface area contributed by atoms with Gasteiger partial charge in [-0.25, -0.2) is 4.39 Å². The summed E-state index contributed by atoms with van der Waals surface area (Å²) in [6.45, 7) is -0.224. The van der Waals surface area contributed by atoms with Gasteiger partial charge in [0.2, 0.25) is 0 Å². The fraction of sp³-hybridized carbons (Fsp3) is 0.0667. The number of amidine groups is 1. The predicted molar refractivity (Wildman–Crippen MR) is 160 cm³/mol. The Kier molecular flexibility index (Phi) is 9.00. The molecule has 1 aliphatic rings. The lowest BCUT2D eigenvalue weighted by atomic mass is 10.2. The number of hydrogen-bond donors (Lipinski definition) is 2. The number of para-hydroxylation sites is 1. The maximum Gasteiger partial charge on any atom is 0.267 e. The highest BCUT2D eigenvalue weighted by Gasteiger charge is 2.34. The molecular weight excluding hydrogens is 583 g/mol. The van der Waals surface area contributed by atoms with Gasteiger partial charge in [0.15, 0.2) is 11.8 Å². The SMILES string of the molecule is O=C(COc1ccc(Cl)cc1/C=C1\S/C(=N\N=C\c2ccccc2O)N(Cc2ccco2)C1=O)Nc1ccc(F)cc1. The first kappa shape index (κ1) is 28.7. The summed E-state index contributed by atoms with van der Waals surface area (Å²) in [5, 5.41) is 21.6. The number of phenolic OH excluding ortho intramolecular Hbond substituents is 1. The van der Waals surface area contributed by atoms with Gasteiger partial charge in [-0.3, -0.25) is 14.5 Å². The van der Waals surface area contributed by atoms with E-state index in [2.05, 4.69) is 15.5 Å². The zero-order valence-electron chi connectivity index (χ0n) is 21.7. The van der Waals surface area contributed by atoms with Crippen LogP contribution in [0.25, 0.3) is 6.08 Å². The predicted octanol–water partition coefficient (Wildman–Crippen LogP) is 6.30. The van der Waals surface area contributed by atoms with Crippen LogP contribution in [0.4, 0.5) is 10.1 Å². The average Bonchev–Trinajstić information content (AvgIpc) is 3.59. The first-order chi connectivity index (χ1) is 20.4. The number of ether oxygens (including phenoxy) is 1. The quantitative estimate of drug-likeness (QED) is 0.132. The van der Waals surface area contributed by atoms with E-state index >= 15 is 0 Å². The number of anilines is 1. The fourth-order valence-corrected chi connectivity index (χ4v) is 4.90. The van der Waals surface area contributed by atoms with Gasteiger partial charge in [0.05, 0.1) is 23.9 Å². The van der Waals surface area contributed by atoms with Crippen LogP contribution < -0.4 is 10.1 Å². The van der Waals surface area contributed by atoms with Crippen molar-refractivity contribution in [2.24, 2.45) is 10.2 Å². The summed E-state index contributed by atoms with van der Waals surface area (Å²) in [6.07, 6.45) is 4.49. The third kappa shape index (κ3) is 7.25. The Bertz CT molecular complexity index is 1690. The molecule has 3 aromatic carbocycles. The Hall–Kier alpha value is -4.87. The summed E-state index contributed by atoms with van der Waals surface area (Å²) in [5.74, 6) is -0.322. The molecule has 42 heavy (non-hydrogen) atoms. The van der Waals surface area contributed by atoms with E-state index in [0.717, 1.165) is 11.8 Å². The van der Waals surface area contributed by atoms with Gasteiger partial charge in [0, 0.05) is 21.8 Å². The number of rotatable bonds is 9. The van der Waals surface area contributed by atoms with Crippen molar-refractivity contribution in [3.05, 3.63) is 118 Å². The number of thioether (sulfide) groups is 1. The number of aromatic hydroxyl groups is 1. The van der Waals surface area contributed by atoms with Crippen LogP contribution in [0.3, 0.4) is 0 Å². The number of carbonyl (C=O) groups excluding carboxylic acids is 2. The highest BCUT2D eigenvalue weighted by molar-refractivity contribution is 8.18. The standard InChI is InChI=1S/C30H22ClFN4O5S/c31-21-7-12-26(41-18-28(38)34-23-10-8-22(32)9-11-23)20(14-21)15-27-29(39)36(17-24-5-3-13-40-24)30(42-27)35-33-16-19-4-1-2-6-25(19)37/h1-16,37H,17-18H2,(H,34,38)/b27-15-,33-16+,35-30-. The topological polar surface area (TPSA) is 117 Å². The Labute approximate surface area is 249 Å². The third-order valence-corrected chi connectivity index (χ3v) is 7.04. The van der Waals surface area contributed by atoms with E-state index in [4.69, 9.17) is 20.8 Å². The van der Waals surface area contributed by atoms with E-state index in [1.165, 1.54) is 47.7 Å². The average molecular weight is 605 g/mol. The molecule has 2 heterocycles. The van der Waals surface area contributed by atoms with Crippen molar-refractivity contribution in [3.8, 4) is 11.5 Å². The van der Waals surface area contributed by atoms with Crippen LogP contribution in [0.1, 0.15) is 16.9 Å². The molecule has 4 aromatic rings. The van der Waals surface area contributed by atoms with Crippen molar-refractivity contribution >= 4 is 58.3 Å². The summed E-state index contributed by atoms with van der Waals surface area (Å²) in [6, 6.07) is 20.3. The molecule has 2 amide bonds. The molecule has 1 aromatic heterocycles. The second-order valence-corrected chi connectivity index (χ2v) is 10.2. The van der Waals surface area contributed by atoms with Crippen molar-refractivity contribution in [3.63, 3.8) is 0 Å². The van der Waals surface area contributed by atoms with Gasteiger partial charge in [-0.05, 0) is 84.6 Å². The van der Waals surface area contributed by atoms with Gasteiger partial charge >= 0.3 is 0 Å². The van der Waals surface area contributed by atoms with Crippen molar-refractivity contribution in [2.45, 2.75) is 6.54 Å². The molecule has 2 N–H and O–H groups in total. The molecule has 0 saturated carbocycles. The van der Waals surface area contributed by atoms with Crippen molar-refractivity contribution < 1.29 is 28.2 Å². The molecule has 12 heteroatoms. The van der Waals surface area contributed by atoms with E-state index in [0.29, 0.717) is 38.3 Å². The first-order valence-corrected chi connectivity index (χ1v) is 13.7. The fourth-order valence-electron chi connectivity index (χ4n) is 3.80. The molecule has 5 rings (SSSR count). The molecule has 0 atom stereocenters. The number of phenols is 1. The molecule has 0 bridgehead atoms. The second-order valence-electron chi connectivity index (χ2n) is 8.79. The lowest BCUT2D eigenvalue weighted by molar-refractivity contribution is -0.122. The number of benzene rings is 3. The van der Waals surface area contributed by atoms with E-state index in [9.17, 15) is 19.1 Å². The highest BCUT2D eigenvalue weighted by Crippen LogP contribution is 2.36. The van der Waals surface area contributed by atoms with Gasteiger partial charge in [-0.1, -0.05) is 23.7 Å². The summed E-state index contributed by atoms with van der Waals surface area (Å²) >= 11 is 7.33. The van der Waals surface area contributed by atoms with Gasteiger partial charge in [0.1, 0.15) is 23.1 Å². The molecular formula is C30H22ClFN4O5S. The lowest BCUT2D eigenvalue weighted by Gasteiger charge is -2.13. The Balaban J connectivity index is 1.37. The first-order valence-electron chi connectivity index (χ1n) is 12.5. The number of halogens is 2. The Morgan fingerprint density at radius 2 is 1.90 bits per heavy atom. The van der Waals surface area contributed by atoms with Gasteiger partial charge in [0.25, 0.3) is 11.8 Å². The number of hydrogen-bond acceptors (Lipinski definition) is 8. The summed E-state index contributed by atoms with van der Waals surface area (Å²) in [5.41, 5.74) is 1.35. The molecule has 0 aliphatic carbocycles. The minimum absolute atomic E-state index is 0.0458. The zero-order valence-corrected chi connectivity index (χ0v) is 23.3. The van der Waals surface area contributed by atoms with Crippen LogP contribution in [0, 0.1) is 5.82 Å². The van der Waals surface area contributed by atoms with Gasteiger partial charge < -0.3 is 19.6 Å². The summed E-state index contributed by atoms with van der Waals surface area (Å²) < 4.78 is 24.3. The highest BCUT2D eigenvalue weighted by atomic mass is 35.5. The minimum Gasteiger partial charge on any atom is -0.507 e. The van der Waals surface area contributed by atoms with Gasteiger partial charge in [-0.2, -0.15) is 5.10 Å². The number of nitrogens with zero attached hydrogens (tertiary/aromatic N) is 3. The molecule has 0 radical (unpaired) electrons. The maximum atomic E-state index is 13.5. The smallest absolute Gasteiger partial charge is 0.267 e. The molecule has 9 nitrogen and oxygen atoms in total. The van der Waals surface area contributed by atoms with Crippen molar-refractivity contribution in [1.29, 1.82) is 0 Å². The van der Waals surface area contributed by atoms with Crippen LogP contribution >= 0.6 is 23.4 Å². The van der Waals surface area contributed by atoms with Crippen LogP contribution in [0.2, 0.25) is 5.02 Å². The van der Waals surface area contributed by atoms with Crippen molar-refractivity contribution in [2.75, 3.05) is 11.9 Å². The number of carbonyl (C=O) groups is 2. The largest absolute Gasteiger partial charge is 0.507 e. The zero-order chi connectivity index (χ0) is 29.5. The molecule has 0 unspecified atom stereocenters. The van der Waals surface area contributed by atoms with Crippen LogP contribution in [-0.2, 0) is 16.1 Å². The summed E-state index contributed by atoms with van der Waals surface area (Å²) in [7, 11) is 0. The van der Waals surface area contributed by atoms with Crippen LogP contribution in [0.15, 0.2) is 105 Å². The summed E-state index contributed by atoms with van der Waals surface area (Å²) in [4.78, 5) is 27.6. The van der Waals surface area contributed by atoms with E-state index in [1.807, 2.05) is 0 Å². The molecule has 212 valence electrons. The molecule has 1 saturated heterocycles. The van der Waals surface area contributed by atoms with E-state index < -0.39 is 11.7 Å². The molecule has 1 aliphatic heterocycles. The third-order valence-electron chi connectivity index (χ3n) is 5.80. The van der Waals surface area contributed by atoms with E-state index in [1.54, 1.807) is 54.6 Å². The maximum absolute atomic E-state index is 13.5. The molecule has 0 spiro atoms. The Morgan fingerprint density at radius 1 is 1.10 bits per heavy atom. The van der Waals surface area contributed by atoms with Gasteiger partial charge in [-0.15, -0.1) is 5.10 Å². The lowest BCUT2D eigenvalue weighted by Crippen LogP contribution is -2.28. The minimum atomic E-state index is -0.456. The van der Waals surface area contributed by atoms with Crippen LogP contribution in [0.5, 0.6) is 11.5 Å².